The highest BCUT2D eigenvalue weighted by molar-refractivity contribution is 9.10. The molecular formula is C50H58BBrF2N8O6. The van der Waals surface area contributed by atoms with Gasteiger partial charge >= 0.3 is 7.12 Å². The second-order valence-electron chi connectivity index (χ2n) is 20.0. The third-order valence-electron chi connectivity index (χ3n) is 13.6. The SMILES string of the molecule is CC1(C)CC(B2OC(C)(C)C(C)(C)O2)=CCO1.CC1(C)CC(c2cnc(CCc3c(F)ccc4c3CCO4)n3cnnc23)=CCO1.Fc1ccc2c(c1CCc1ncc(Br)c3nncn13)CCO2. The van der Waals surface area contributed by atoms with Crippen LogP contribution in [0.2, 0.25) is 0 Å². The molecule has 1 fully saturated rings. The summed E-state index contributed by atoms with van der Waals surface area (Å²) < 4.78 is 67.8. The maximum absolute atomic E-state index is 14.5. The van der Waals surface area contributed by atoms with E-state index in [1.807, 2.05) is 15.0 Å². The Bertz CT molecular complexity index is 2900. The number of nitrogens with zero attached hydrogens (tertiary/aromatic N) is 8. The van der Waals surface area contributed by atoms with E-state index in [1.54, 1.807) is 31.0 Å². The normalized spacial score (nSPS) is 19.5. The topological polar surface area (TPSA) is 142 Å². The van der Waals surface area contributed by atoms with Crippen LogP contribution in [0, 0.1) is 11.6 Å². The van der Waals surface area contributed by atoms with E-state index in [0.29, 0.717) is 57.8 Å². The van der Waals surface area contributed by atoms with Gasteiger partial charge < -0.3 is 28.3 Å². The molecule has 6 aromatic rings. The summed E-state index contributed by atoms with van der Waals surface area (Å²) in [5, 5.41) is 16.4. The van der Waals surface area contributed by atoms with Crippen LogP contribution < -0.4 is 9.47 Å². The average Bonchev–Trinajstić information content (AvgIpc) is 4.15. The molecule has 0 atom stereocenters. The molecule has 18 heteroatoms. The Labute approximate surface area is 404 Å². The Kier molecular flexibility index (Phi) is 13.4. The van der Waals surface area contributed by atoms with Crippen molar-refractivity contribution in [1.29, 1.82) is 0 Å². The monoisotopic (exact) mass is 994 g/mol. The standard InChI is InChI=1S/C22H23FN4O2.C15H12BrFN4O.C13H23BO3/c1-22(2)11-14(7-10-29-22)17-12-24-20(27-13-25-26-21(17)27)6-3-15-16-8-9-28-19(16)5-4-18(15)23;16-11-7-18-14(21-8-19-20-15(11)21)4-1-9-10-5-6-22-13(10)3-2-12(9)17;1-11(2)9-10(7-8-15-11)14-16-12(3,4)13(5,6)17-14/h4-5,7,12-13H,3,6,8-11H2,1-2H3;2-3,7-8H,1,4-6H2;7H,8-9H2,1-6H3. The molecule has 5 aliphatic heterocycles. The van der Waals surface area contributed by atoms with Gasteiger partial charge in [0.25, 0.3) is 0 Å². The van der Waals surface area contributed by atoms with E-state index >= 15 is 0 Å². The molecule has 0 radical (unpaired) electrons. The third-order valence-corrected chi connectivity index (χ3v) is 14.2. The Morgan fingerprint density at radius 3 is 1.72 bits per heavy atom. The zero-order valence-electron chi connectivity index (χ0n) is 40.0. The van der Waals surface area contributed by atoms with Crippen LogP contribution in [0.4, 0.5) is 8.78 Å². The first-order valence-corrected chi connectivity index (χ1v) is 24.1. The van der Waals surface area contributed by atoms with Gasteiger partial charge in [-0.25, -0.2) is 18.7 Å². The minimum atomic E-state index is -0.263. The van der Waals surface area contributed by atoms with Crippen molar-refractivity contribution in [1.82, 2.24) is 39.2 Å². The molecule has 0 bridgehead atoms. The summed E-state index contributed by atoms with van der Waals surface area (Å²) in [5.41, 5.74) is 7.40. The van der Waals surface area contributed by atoms with Gasteiger partial charge in [0.2, 0.25) is 0 Å². The van der Waals surface area contributed by atoms with Crippen molar-refractivity contribution in [2.75, 3.05) is 26.4 Å². The van der Waals surface area contributed by atoms with Crippen LogP contribution in [0.5, 0.6) is 11.5 Å². The quantitative estimate of drug-likeness (QED) is 0.134. The number of hydrogen-bond acceptors (Lipinski definition) is 12. The van der Waals surface area contributed by atoms with Gasteiger partial charge in [-0.1, -0.05) is 12.2 Å². The highest BCUT2D eigenvalue weighted by Gasteiger charge is 2.53. The first-order chi connectivity index (χ1) is 32.4. The predicted octanol–water partition coefficient (Wildman–Crippen LogP) is 9.05. The maximum Gasteiger partial charge on any atom is 0.490 e. The largest absolute Gasteiger partial charge is 0.493 e. The molecule has 14 nitrogen and oxygen atoms in total. The molecule has 358 valence electrons. The first-order valence-electron chi connectivity index (χ1n) is 23.3. The van der Waals surface area contributed by atoms with Crippen LogP contribution >= 0.6 is 15.9 Å². The predicted molar refractivity (Wildman–Crippen MR) is 257 cm³/mol. The fourth-order valence-corrected chi connectivity index (χ4v) is 9.64. The van der Waals surface area contributed by atoms with Crippen molar-refractivity contribution in [2.45, 2.75) is 129 Å². The van der Waals surface area contributed by atoms with Gasteiger partial charge in [-0.2, -0.15) is 0 Å². The molecule has 0 aliphatic carbocycles. The van der Waals surface area contributed by atoms with E-state index in [2.05, 4.69) is 114 Å². The van der Waals surface area contributed by atoms with Crippen molar-refractivity contribution >= 4 is 39.9 Å². The molecule has 0 spiro atoms. The van der Waals surface area contributed by atoms with E-state index in [0.717, 1.165) is 86.8 Å². The Balaban J connectivity index is 0.000000132. The molecule has 4 aromatic heterocycles. The smallest absolute Gasteiger partial charge is 0.490 e. The van der Waals surface area contributed by atoms with E-state index in [1.165, 1.54) is 23.2 Å². The number of aryl methyl sites for hydroxylation is 2. The van der Waals surface area contributed by atoms with Crippen molar-refractivity contribution in [2.24, 2.45) is 0 Å². The lowest BCUT2D eigenvalue weighted by Crippen LogP contribution is -2.41. The van der Waals surface area contributed by atoms with Gasteiger partial charge in [0.15, 0.2) is 11.3 Å². The summed E-state index contributed by atoms with van der Waals surface area (Å²) in [5.74, 6) is 2.86. The minimum Gasteiger partial charge on any atom is -0.493 e. The number of benzene rings is 2. The molecule has 0 unspecified atom stereocenters. The van der Waals surface area contributed by atoms with Crippen molar-refractivity contribution in [3.8, 4) is 11.5 Å². The van der Waals surface area contributed by atoms with Gasteiger partial charge in [-0.15, -0.1) is 20.4 Å². The lowest BCUT2D eigenvalue weighted by molar-refractivity contribution is -0.00869. The van der Waals surface area contributed by atoms with Crippen LogP contribution in [0.15, 0.2) is 71.4 Å². The zero-order valence-corrected chi connectivity index (χ0v) is 41.6. The molecule has 0 saturated carbocycles. The molecule has 68 heavy (non-hydrogen) atoms. The highest BCUT2D eigenvalue weighted by atomic mass is 79.9. The Hall–Kier alpha value is -5.14. The third kappa shape index (κ3) is 9.98. The van der Waals surface area contributed by atoms with Crippen LogP contribution in [-0.2, 0) is 57.3 Å². The molecule has 1 saturated heterocycles. The number of halogens is 3. The number of hydrogen-bond donors (Lipinski definition) is 0. The first kappa shape index (κ1) is 47.9. The summed E-state index contributed by atoms with van der Waals surface area (Å²) in [4.78, 5) is 9.09. The molecule has 11 rings (SSSR count). The lowest BCUT2D eigenvalue weighted by atomic mass is 9.72. The summed E-state index contributed by atoms with van der Waals surface area (Å²) >= 11 is 3.40. The number of rotatable bonds is 8. The Morgan fingerprint density at radius 1 is 0.647 bits per heavy atom. The van der Waals surface area contributed by atoms with E-state index in [4.69, 9.17) is 28.3 Å². The van der Waals surface area contributed by atoms with Gasteiger partial charge in [0.05, 0.1) is 53.3 Å². The van der Waals surface area contributed by atoms with Crippen LogP contribution in [-0.4, -0.2) is 95.1 Å². The van der Waals surface area contributed by atoms with Crippen molar-refractivity contribution in [3.63, 3.8) is 0 Å². The molecule has 0 N–H and O–H groups in total. The zero-order chi connectivity index (χ0) is 48.0. The highest BCUT2D eigenvalue weighted by Crippen LogP contribution is 2.41. The summed E-state index contributed by atoms with van der Waals surface area (Å²) in [6.07, 6.45) is 16.5. The molecule has 0 amide bonds. The van der Waals surface area contributed by atoms with Crippen LogP contribution in [0.3, 0.4) is 0 Å². The molecule has 9 heterocycles. The Morgan fingerprint density at radius 2 is 1.16 bits per heavy atom. The number of fused-ring (bicyclic) bond motifs is 4. The van der Waals surface area contributed by atoms with Gasteiger partial charge in [0, 0.05) is 61.2 Å². The summed E-state index contributed by atoms with van der Waals surface area (Å²) in [6, 6.07) is 6.39. The van der Waals surface area contributed by atoms with Crippen LogP contribution in [0.25, 0.3) is 16.9 Å². The van der Waals surface area contributed by atoms with Crippen molar-refractivity contribution in [3.05, 3.63) is 123 Å². The molecule has 5 aliphatic rings. The number of ether oxygens (including phenoxy) is 4. The summed E-state index contributed by atoms with van der Waals surface area (Å²) in [6.45, 7) is 19.2. The molecular weight excluding hydrogens is 937 g/mol. The van der Waals surface area contributed by atoms with E-state index in [-0.39, 0.29) is 41.2 Å². The van der Waals surface area contributed by atoms with E-state index < -0.39 is 0 Å². The lowest BCUT2D eigenvalue weighted by Gasteiger charge is -2.32. The maximum atomic E-state index is 14.5. The van der Waals surface area contributed by atoms with Crippen LogP contribution in [0.1, 0.15) is 108 Å². The minimum absolute atomic E-state index is 0.117. The number of aromatic nitrogens is 8. The second kappa shape index (κ2) is 19.0. The second-order valence-corrected chi connectivity index (χ2v) is 20.8. The van der Waals surface area contributed by atoms with Gasteiger partial charge in [0.1, 0.15) is 47.4 Å². The fraction of sp³-hybridized carbons (Fsp3) is 0.480. The van der Waals surface area contributed by atoms with Gasteiger partial charge in [-0.05, 0) is 137 Å². The summed E-state index contributed by atoms with van der Waals surface area (Å²) in [7, 11) is -0.219. The fourth-order valence-electron chi connectivity index (χ4n) is 9.26. The molecule has 2 aromatic carbocycles. The van der Waals surface area contributed by atoms with E-state index in [9.17, 15) is 8.78 Å². The van der Waals surface area contributed by atoms with Crippen molar-refractivity contribution < 1.29 is 37.0 Å². The van der Waals surface area contributed by atoms with Gasteiger partial charge in [-0.3, -0.25) is 8.80 Å². The average molecular weight is 996 g/mol.